The van der Waals surface area contributed by atoms with Crippen molar-refractivity contribution in [1.29, 1.82) is 0 Å². The van der Waals surface area contributed by atoms with E-state index in [0.717, 1.165) is 16.7 Å². The molecule has 1 fully saturated rings. The highest BCUT2D eigenvalue weighted by molar-refractivity contribution is 8.18. The number of nitrogens with zero attached hydrogens (tertiary/aromatic N) is 1. The van der Waals surface area contributed by atoms with Gasteiger partial charge in [0, 0.05) is 10.6 Å². The monoisotopic (exact) mass is 508 g/mol. The number of hydrogen-bond acceptors (Lipinski definition) is 6. The average Bonchev–Trinajstić information content (AvgIpc) is 3.18. The standard InChI is InChI=1S/C26H21ClN2O5S/c1-15-7-9-17(25(31)32)13-20(15)28-26-29-24(30)23(35-26)12-16-8-10-21(22(11-16)33-2)34-14-18-5-3-4-6-19(18)27/h3-13H,14H2,1-2H3,(H,31,32)(H,28,29,30). The second-order valence-electron chi connectivity index (χ2n) is 7.58. The average molecular weight is 509 g/mol. The summed E-state index contributed by atoms with van der Waals surface area (Å²) in [6, 6.07) is 17.5. The van der Waals surface area contributed by atoms with Crippen LogP contribution < -0.4 is 14.8 Å². The molecule has 0 aliphatic carbocycles. The smallest absolute Gasteiger partial charge is 0.335 e. The summed E-state index contributed by atoms with van der Waals surface area (Å²) < 4.78 is 11.4. The van der Waals surface area contributed by atoms with E-state index in [2.05, 4.69) is 10.3 Å². The van der Waals surface area contributed by atoms with Gasteiger partial charge in [0.1, 0.15) is 6.61 Å². The molecule has 9 heteroatoms. The van der Waals surface area contributed by atoms with Gasteiger partial charge in [-0.3, -0.25) is 4.79 Å². The van der Waals surface area contributed by atoms with E-state index >= 15 is 0 Å². The zero-order chi connectivity index (χ0) is 24.9. The van der Waals surface area contributed by atoms with Crippen LogP contribution in [0.4, 0.5) is 5.69 Å². The van der Waals surface area contributed by atoms with Crippen LogP contribution in [0, 0.1) is 6.92 Å². The fourth-order valence-electron chi connectivity index (χ4n) is 3.27. The summed E-state index contributed by atoms with van der Waals surface area (Å²) in [6.45, 7) is 2.11. The number of carboxylic acids is 1. The van der Waals surface area contributed by atoms with Crippen LogP contribution in [-0.4, -0.2) is 29.3 Å². The Balaban J connectivity index is 1.52. The van der Waals surface area contributed by atoms with Crippen molar-refractivity contribution in [3.63, 3.8) is 0 Å². The minimum atomic E-state index is -1.04. The lowest BCUT2D eigenvalue weighted by molar-refractivity contribution is -0.115. The van der Waals surface area contributed by atoms with Gasteiger partial charge in [-0.25, -0.2) is 9.79 Å². The highest BCUT2D eigenvalue weighted by Gasteiger charge is 2.24. The Labute approximate surface area is 211 Å². The van der Waals surface area contributed by atoms with E-state index in [0.29, 0.717) is 32.3 Å². The van der Waals surface area contributed by atoms with Crippen LogP contribution in [0.2, 0.25) is 5.02 Å². The molecule has 1 saturated heterocycles. The van der Waals surface area contributed by atoms with Crippen molar-refractivity contribution in [3.05, 3.63) is 92.8 Å². The lowest BCUT2D eigenvalue weighted by Gasteiger charge is -2.12. The summed E-state index contributed by atoms with van der Waals surface area (Å²) in [5, 5.41) is 12.9. The Hall–Kier alpha value is -3.75. The summed E-state index contributed by atoms with van der Waals surface area (Å²) in [6.07, 6.45) is 1.73. The van der Waals surface area contributed by atoms with Crippen LogP contribution >= 0.6 is 23.4 Å². The second kappa shape index (κ2) is 10.7. The van der Waals surface area contributed by atoms with Crippen LogP contribution in [-0.2, 0) is 11.4 Å². The predicted octanol–water partition coefficient (Wildman–Crippen LogP) is 5.83. The summed E-state index contributed by atoms with van der Waals surface area (Å²) in [5.41, 5.74) is 3.01. The summed E-state index contributed by atoms with van der Waals surface area (Å²) in [5.74, 6) is -0.263. The first-order valence-corrected chi connectivity index (χ1v) is 11.7. The van der Waals surface area contributed by atoms with Gasteiger partial charge in [-0.15, -0.1) is 0 Å². The molecule has 4 rings (SSSR count). The van der Waals surface area contributed by atoms with Gasteiger partial charge in [0.2, 0.25) is 0 Å². The van der Waals surface area contributed by atoms with Gasteiger partial charge in [-0.05, 0) is 66.2 Å². The minimum absolute atomic E-state index is 0.129. The molecule has 3 aromatic rings. The fourth-order valence-corrected chi connectivity index (χ4v) is 4.29. The van der Waals surface area contributed by atoms with E-state index in [1.165, 1.54) is 23.9 Å². The summed E-state index contributed by atoms with van der Waals surface area (Å²) in [4.78, 5) is 28.7. The van der Waals surface area contributed by atoms with Gasteiger partial charge in [0.05, 0.1) is 23.3 Å². The molecule has 3 aromatic carbocycles. The SMILES string of the molecule is COc1cc(C=C2SC(=Nc3cc(C(=O)O)ccc3C)NC2=O)ccc1OCc1ccccc1Cl. The van der Waals surface area contributed by atoms with Crippen LogP contribution in [0.25, 0.3) is 6.08 Å². The molecule has 35 heavy (non-hydrogen) atoms. The van der Waals surface area contributed by atoms with Crippen molar-refractivity contribution in [1.82, 2.24) is 5.32 Å². The minimum Gasteiger partial charge on any atom is -0.493 e. The third-order valence-electron chi connectivity index (χ3n) is 5.16. The lowest BCUT2D eigenvalue weighted by atomic mass is 10.1. The first kappa shape index (κ1) is 24.4. The largest absolute Gasteiger partial charge is 0.493 e. The number of aryl methyl sites for hydroxylation is 1. The number of thioether (sulfide) groups is 1. The Kier molecular flexibility index (Phi) is 7.43. The second-order valence-corrected chi connectivity index (χ2v) is 9.02. The molecule has 1 heterocycles. The first-order chi connectivity index (χ1) is 16.8. The number of amidine groups is 1. The number of hydrogen-bond donors (Lipinski definition) is 2. The number of aliphatic imine (C=N–C) groups is 1. The molecule has 0 atom stereocenters. The van der Waals surface area contributed by atoms with E-state index in [4.69, 9.17) is 21.1 Å². The molecule has 1 aliphatic heterocycles. The van der Waals surface area contributed by atoms with Gasteiger partial charge in [-0.2, -0.15) is 0 Å². The van der Waals surface area contributed by atoms with Gasteiger partial charge in [0.25, 0.3) is 5.91 Å². The van der Waals surface area contributed by atoms with Gasteiger partial charge >= 0.3 is 5.97 Å². The van der Waals surface area contributed by atoms with Gasteiger partial charge < -0.3 is 19.9 Å². The fraction of sp³-hybridized carbons (Fsp3) is 0.115. The Morgan fingerprint density at radius 3 is 2.69 bits per heavy atom. The van der Waals surface area contributed by atoms with Crippen molar-refractivity contribution in [2.45, 2.75) is 13.5 Å². The van der Waals surface area contributed by atoms with Crippen LogP contribution in [0.15, 0.2) is 70.6 Å². The van der Waals surface area contributed by atoms with Gasteiger partial charge in [0.15, 0.2) is 16.7 Å². The number of benzene rings is 3. The molecule has 1 aliphatic rings. The number of methoxy groups -OCH3 is 1. The Bertz CT molecular complexity index is 1370. The van der Waals surface area contributed by atoms with Crippen LogP contribution in [0.1, 0.15) is 27.0 Å². The number of amides is 1. The van der Waals surface area contributed by atoms with E-state index in [1.54, 1.807) is 37.5 Å². The van der Waals surface area contributed by atoms with Crippen molar-refractivity contribution in [2.75, 3.05) is 7.11 Å². The zero-order valence-electron chi connectivity index (χ0n) is 18.9. The third-order valence-corrected chi connectivity index (χ3v) is 6.43. The first-order valence-electron chi connectivity index (χ1n) is 10.5. The molecule has 0 aromatic heterocycles. The molecular weight excluding hydrogens is 488 g/mol. The molecule has 1 amide bonds. The molecule has 0 bridgehead atoms. The molecule has 0 radical (unpaired) electrons. The van der Waals surface area contributed by atoms with Gasteiger partial charge in [-0.1, -0.05) is 41.9 Å². The van der Waals surface area contributed by atoms with E-state index in [1.807, 2.05) is 31.2 Å². The third kappa shape index (κ3) is 5.85. The number of nitrogens with one attached hydrogen (secondary N) is 1. The van der Waals surface area contributed by atoms with E-state index < -0.39 is 5.97 Å². The van der Waals surface area contributed by atoms with Crippen molar-refractivity contribution in [3.8, 4) is 11.5 Å². The molecule has 0 unspecified atom stereocenters. The predicted molar refractivity (Wildman–Crippen MR) is 138 cm³/mol. The number of halogens is 1. The van der Waals surface area contributed by atoms with E-state index in [9.17, 15) is 14.7 Å². The molecule has 0 saturated carbocycles. The highest BCUT2D eigenvalue weighted by atomic mass is 35.5. The van der Waals surface area contributed by atoms with Crippen molar-refractivity contribution in [2.24, 2.45) is 4.99 Å². The molecule has 0 spiro atoms. The number of carbonyl (C=O) groups is 2. The summed E-state index contributed by atoms with van der Waals surface area (Å²) >= 11 is 7.37. The Morgan fingerprint density at radius 2 is 1.94 bits per heavy atom. The zero-order valence-corrected chi connectivity index (χ0v) is 20.4. The lowest BCUT2D eigenvalue weighted by Crippen LogP contribution is -2.19. The number of carboxylic acid groups (broad SMARTS) is 1. The topological polar surface area (TPSA) is 97.2 Å². The number of rotatable bonds is 7. The van der Waals surface area contributed by atoms with Crippen LogP contribution in [0.3, 0.4) is 0 Å². The number of carbonyl (C=O) groups excluding carboxylic acids is 1. The quantitative estimate of drug-likeness (QED) is 0.390. The van der Waals surface area contributed by atoms with Crippen molar-refractivity contribution >= 4 is 52.2 Å². The summed E-state index contributed by atoms with van der Waals surface area (Å²) in [7, 11) is 1.55. The molecule has 2 N–H and O–H groups in total. The Morgan fingerprint density at radius 1 is 1.14 bits per heavy atom. The maximum absolute atomic E-state index is 12.5. The van der Waals surface area contributed by atoms with E-state index in [-0.39, 0.29) is 18.1 Å². The number of aromatic carboxylic acids is 1. The maximum atomic E-state index is 12.5. The van der Waals surface area contributed by atoms with Crippen molar-refractivity contribution < 1.29 is 24.2 Å². The highest BCUT2D eigenvalue weighted by Crippen LogP contribution is 2.33. The molecule has 7 nitrogen and oxygen atoms in total. The molecular formula is C26H21ClN2O5S. The molecule has 178 valence electrons. The number of ether oxygens (including phenoxy) is 2. The normalized spacial score (nSPS) is 15.3. The maximum Gasteiger partial charge on any atom is 0.335 e. The van der Waals surface area contributed by atoms with Crippen LogP contribution in [0.5, 0.6) is 11.5 Å².